The van der Waals surface area contributed by atoms with Crippen LogP contribution >= 0.6 is 0 Å². The molecule has 8 nitrogen and oxygen atoms in total. The Bertz CT molecular complexity index is 1050. The van der Waals surface area contributed by atoms with E-state index in [9.17, 15) is 14.4 Å². The summed E-state index contributed by atoms with van der Waals surface area (Å²) >= 11 is 0. The van der Waals surface area contributed by atoms with Crippen LogP contribution in [0, 0.1) is 11.8 Å². The second-order valence-corrected chi connectivity index (χ2v) is 9.36. The third-order valence-electron chi connectivity index (χ3n) is 7.03. The van der Waals surface area contributed by atoms with Crippen LogP contribution in [0.1, 0.15) is 51.0 Å². The van der Waals surface area contributed by atoms with E-state index >= 15 is 0 Å². The first kappa shape index (κ1) is 23.7. The van der Waals surface area contributed by atoms with E-state index < -0.39 is 5.92 Å². The van der Waals surface area contributed by atoms with Crippen LogP contribution in [0.15, 0.2) is 42.6 Å². The number of pyridine rings is 1. The van der Waals surface area contributed by atoms with Crippen LogP contribution in [0.5, 0.6) is 0 Å². The lowest BCUT2D eigenvalue weighted by Gasteiger charge is -2.32. The fourth-order valence-electron chi connectivity index (χ4n) is 4.79. The molecule has 2 aliphatic heterocycles. The van der Waals surface area contributed by atoms with E-state index in [1.165, 1.54) is 0 Å². The van der Waals surface area contributed by atoms with E-state index in [4.69, 9.17) is 5.73 Å². The van der Waals surface area contributed by atoms with Crippen molar-refractivity contribution in [3.63, 3.8) is 0 Å². The van der Waals surface area contributed by atoms with Gasteiger partial charge in [-0.05, 0) is 48.9 Å². The Hall–Kier alpha value is -3.42. The van der Waals surface area contributed by atoms with Crippen molar-refractivity contribution in [2.75, 3.05) is 34.8 Å². The number of primary amides is 1. The molecule has 180 valence electrons. The number of benzene rings is 1. The van der Waals surface area contributed by atoms with Gasteiger partial charge < -0.3 is 20.9 Å². The molecule has 34 heavy (non-hydrogen) atoms. The molecule has 0 radical (unpaired) electrons. The molecular formula is C26H33N5O3. The predicted octanol–water partition coefficient (Wildman–Crippen LogP) is 3.29. The summed E-state index contributed by atoms with van der Waals surface area (Å²) in [4.78, 5) is 45.5. The molecule has 3 atom stereocenters. The number of nitrogens with two attached hydrogens (primary N) is 1. The minimum Gasteiger partial charge on any atom is -0.369 e. The van der Waals surface area contributed by atoms with Gasteiger partial charge in [-0.3, -0.25) is 14.4 Å². The summed E-state index contributed by atoms with van der Waals surface area (Å²) in [6.07, 6.45) is 4.48. The number of para-hydroxylation sites is 1. The Morgan fingerprint density at radius 1 is 1.18 bits per heavy atom. The van der Waals surface area contributed by atoms with Gasteiger partial charge in [-0.25, -0.2) is 4.98 Å². The summed E-state index contributed by atoms with van der Waals surface area (Å²) in [6, 6.07) is 11.6. The Kier molecular flexibility index (Phi) is 7.14. The summed E-state index contributed by atoms with van der Waals surface area (Å²) in [6.45, 7) is 6.03. The highest BCUT2D eigenvalue weighted by atomic mass is 16.2. The maximum absolute atomic E-state index is 12.9. The maximum atomic E-state index is 12.9. The van der Waals surface area contributed by atoms with E-state index in [1.54, 1.807) is 17.2 Å². The fraction of sp³-hybridized carbons (Fsp3) is 0.462. The first-order valence-electron chi connectivity index (χ1n) is 12.1. The molecule has 2 aromatic rings. The normalized spacial score (nSPS) is 21.4. The quantitative estimate of drug-likeness (QED) is 0.655. The Labute approximate surface area is 200 Å². The zero-order valence-electron chi connectivity index (χ0n) is 19.9. The largest absolute Gasteiger partial charge is 0.369 e. The molecule has 3 N–H and O–H groups in total. The zero-order valence-corrected chi connectivity index (χ0v) is 19.9. The van der Waals surface area contributed by atoms with Crippen molar-refractivity contribution in [2.45, 2.75) is 45.4 Å². The SMILES string of the molecule is CCC(C)c1ccccc1N1CC(C(=O)Nc2ccc(N3CCCC(C(N)=O)C3)nc2)CC1=O. The summed E-state index contributed by atoms with van der Waals surface area (Å²) < 4.78 is 0. The average molecular weight is 464 g/mol. The monoisotopic (exact) mass is 463 g/mol. The molecule has 3 amide bonds. The molecule has 1 aromatic heterocycles. The number of carbonyl (C=O) groups is 3. The van der Waals surface area contributed by atoms with Gasteiger partial charge in [0.1, 0.15) is 5.82 Å². The number of nitrogens with one attached hydrogen (secondary N) is 1. The van der Waals surface area contributed by atoms with E-state index in [2.05, 4.69) is 30.2 Å². The Morgan fingerprint density at radius 3 is 2.68 bits per heavy atom. The van der Waals surface area contributed by atoms with Gasteiger partial charge in [0.2, 0.25) is 17.7 Å². The number of carbonyl (C=O) groups excluding carboxylic acids is 3. The number of rotatable bonds is 7. The van der Waals surface area contributed by atoms with Crippen LogP contribution in [0.3, 0.4) is 0 Å². The number of hydrogen-bond donors (Lipinski definition) is 2. The van der Waals surface area contributed by atoms with Crippen LogP contribution in [-0.4, -0.2) is 42.3 Å². The van der Waals surface area contributed by atoms with Gasteiger partial charge in [0.05, 0.1) is 23.7 Å². The van der Waals surface area contributed by atoms with Gasteiger partial charge in [0, 0.05) is 31.7 Å². The van der Waals surface area contributed by atoms with E-state index in [0.717, 1.165) is 42.9 Å². The summed E-state index contributed by atoms with van der Waals surface area (Å²) in [7, 11) is 0. The Balaban J connectivity index is 1.39. The van der Waals surface area contributed by atoms with Crippen LogP contribution in [0.25, 0.3) is 0 Å². The molecular weight excluding hydrogens is 430 g/mol. The smallest absolute Gasteiger partial charge is 0.229 e. The lowest BCUT2D eigenvalue weighted by atomic mass is 9.96. The molecule has 2 saturated heterocycles. The lowest BCUT2D eigenvalue weighted by molar-refractivity contribution is -0.122. The molecule has 4 rings (SSSR count). The summed E-state index contributed by atoms with van der Waals surface area (Å²) in [5.41, 5.74) is 8.09. The van der Waals surface area contributed by atoms with Crippen LogP contribution in [-0.2, 0) is 14.4 Å². The second kappa shape index (κ2) is 10.2. The predicted molar refractivity (Wildman–Crippen MR) is 133 cm³/mol. The van der Waals surface area contributed by atoms with Gasteiger partial charge in [-0.1, -0.05) is 32.0 Å². The second-order valence-electron chi connectivity index (χ2n) is 9.36. The minimum absolute atomic E-state index is 0.0292. The van der Waals surface area contributed by atoms with Crippen LogP contribution in [0.4, 0.5) is 17.2 Å². The highest BCUT2D eigenvalue weighted by molar-refractivity contribution is 6.03. The maximum Gasteiger partial charge on any atom is 0.229 e. The van der Waals surface area contributed by atoms with Crippen molar-refractivity contribution in [1.82, 2.24) is 4.98 Å². The number of hydrogen-bond acceptors (Lipinski definition) is 5. The number of anilines is 3. The first-order valence-corrected chi connectivity index (χ1v) is 12.1. The minimum atomic E-state index is -0.421. The van der Waals surface area contributed by atoms with Crippen molar-refractivity contribution in [3.05, 3.63) is 48.2 Å². The van der Waals surface area contributed by atoms with Gasteiger partial charge >= 0.3 is 0 Å². The molecule has 0 saturated carbocycles. The number of piperidine rings is 1. The molecule has 2 aliphatic rings. The van der Waals surface area contributed by atoms with Crippen molar-refractivity contribution in [2.24, 2.45) is 17.6 Å². The third-order valence-corrected chi connectivity index (χ3v) is 7.03. The average Bonchev–Trinajstić information content (AvgIpc) is 3.25. The van der Waals surface area contributed by atoms with Gasteiger partial charge in [-0.2, -0.15) is 0 Å². The molecule has 0 spiro atoms. The molecule has 3 heterocycles. The highest BCUT2D eigenvalue weighted by Gasteiger charge is 2.36. The number of aromatic nitrogens is 1. The number of nitrogens with zero attached hydrogens (tertiary/aromatic N) is 3. The highest BCUT2D eigenvalue weighted by Crippen LogP contribution is 2.34. The van der Waals surface area contributed by atoms with Crippen LogP contribution in [0.2, 0.25) is 0 Å². The van der Waals surface area contributed by atoms with Crippen molar-refractivity contribution < 1.29 is 14.4 Å². The van der Waals surface area contributed by atoms with E-state index in [1.807, 2.05) is 29.2 Å². The van der Waals surface area contributed by atoms with Gasteiger partial charge in [-0.15, -0.1) is 0 Å². The van der Waals surface area contributed by atoms with Gasteiger partial charge in [0.15, 0.2) is 0 Å². The summed E-state index contributed by atoms with van der Waals surface area (Å²) in [5.74, 6) is 0.0171. The number of amides is 3. The fourth-order valence-corrected chi connectivity index (χ4v) is 4.79. The molecule has 2 fully saturated rings. The first-order chi connectivity index (χ1) is 16.4. The van der Waals surface area contributed by atoms with Crippen molar-refractivity contribution >= 4 is 34.9 Å². The van der Waals surface area contributed by atoms with Gasteiger partial charge in [0.25, 0.3) is 0 Å². The van der Waals surface area contributed by atoms with Crippen molar-refractivity contribution in [1.29, 1.82) is 0 Å². The topological polar surface area (TPSA) is 109 Å². The lowest BCUT2D eigenvalue weighted by Crippen LogP contribution is -2.41. The Morgan fingerprint density at radius 2 is 1.97 bits per heavy atom. The molecule has 0 aliphatic carbocycles. The van der Waals surface area contributed by atoms with E-state index in [-0.39, 0.29) is 30.1 Å². The zero-order chi connectivity index (χ0) is 24.2. The molecule has 8 heteroatoms. The summed E-state index contributed by atoms with van der Waals surface area (Å²) in [5, 5.41) is 2.91. The standard InChI is InChI=1S/C26H33N5O3/c1-3-17(2)21-8-4-5-9-22(21)31-16-19(13-24(31)32)26(34)29-20-10-11-23(28-14-20)30-12-6-7-18(15-30)25(27)33/h4-5,8-11,14,17-19H,3,6-7,12-13,15-16H2,1-2H3,(H2,27,33)(H,29,34). The van der Waals surface area contributed by atoms with Crippen LogP contribution < -0.4 is 20.9 Å². The third kappa shape index (κ3) is 5.05. The molecule has 0 bridgehead atoms. The van der Waals surface area contributed by atoms with E-state index in [0.29, 0.717) is 24.7 Å². The van der Waals surface area contributed by atoms with Crippen molar-refractivity contribution in [3.8, 4) is 0 Å². The molecule has 3 unspecified atom stereocenters. The molecule has 1 aromatic carbocycles.